The minimum Gasteiger partial charge on any atom is -0.338 e. The van der Waals surface area contributed by atoms with Crippen molar-refractivity contribution in [1.29, 1.82) is 0 Å². The smallest absolute Gasteiger partial charge is 0.238 e. The third kappa shape index (κ3) is 4.77. The number of fused-ring (bicyclic) bond motifs is 1. The third-order valence-electron chi connectivity index (χ3n) is 5.53. The fourth-order valence-corrected chi connectivity index (χ4v) is 4.49. The van der Waals surface area contributed by atoms with E-state index in [1.807, 2.05) is 19.2 Å². The van der Waals surface area contributed by atoms with Crippen molar-refractivity contribution >= 4 is 29.1 Å². The Balaban J connectivity index is 1.50. The molecular formula is C20H28ClN3O2. The molecule has 1 saturated carbocycles. The zero-order valence-corrected chi connectivity index (χ0v) is 16.2. The molecule has 5 nitrogen and oxygen atoms in total. The molecule has 3 rings (SSSR count). The second-order valence-corrected chi connectivity index (χ2v) is 7.95. The second-order valence-electron chi connectivity index (χ2n) is 7.54. The first-order valence-corrected chi connectivity index (χ1v) is 9.95. The number of amides is 2. The standard InChI is InChI=1S/C20H28ClN3O2/c1-23(13-19(25)22-17-10-4-3-9-16(17)21)14-20(26)24-12-6-8-15-7-2-5-11-18(15)24/h3-4,9-10,15,18H,2,5-8,11-14H2,1H3,(H,22,25)/t15-,18-/m0/s1. The molecule has 2 aliphatic rings. The Morgan fingerprint density at radius 2 is 1.88 bits per heavy atom. The van der Waals surface area contributed by atoms with Gasteiger partial charge in [0.2, 0.25) is 11.8 Å². The normalized spacial score (nSPS) is 22.8. The summed E-state index contributed by atoms with van der Waals surface area (Å²) in [5.41, 5.74) is 0.597. The zero-order chi connectivity index (χ0) is 18.5. The van der Waals surface area contributed by atoms with Crippen LogP contribution in [0.15, 0.2) is 24.3 Å². The first-order valence-electron chi connectivity index (χ1n) is 9.57. The lowest BCUT2D eigenvalue weighted by Gasteiger charge is -2.44. The van der Waals surface area contributed by atoms with Gasteiger partial charge in [-0.1, -0.05) is 36.6 Å². The van der Waals surface area contributed by atoms with Gasteiger partial charge in [-0.25, -0.2) is 0 Å². The van der Waals surface area contributed by atoms with Crippen molar-refractivity contribution in [2.45, 2.75) is 44.6 Å². The number of rotatable bonds is 5. The van der Waals surface area contributed by atoms with Crippen molar-refractivity contribution in [2.24, 2.45) is 5.92 Å². The second kappa shape index (κ2) is 8.87. The molecule has 2 amide bonds. The van der Waals surface area contributed by atoms with Crippen LogP contribution < -0.4 is 5.32 Å². The molecular weight excluding hydrogens is 350 g/mol. The average Bonchev–Trinajstić information content (AvgIpc) is 2.63. The molecule has 1 aliphatic carbocycles. The molecule has 2 atom stereocenters. The van der Waals surface area contributed by atoms with Crippen molar-refractivity contribution in [3.8, 4) is 0 Å². The van der Waals surface area contributed by atoms with Crippen LogP contribution in [0.2, 0.25) is 5.02 Å². The number of hydrogen-bond acceptors (Lipinski definition) is 3. The number of benzene rings is 1. The van der Waals surface area contributed by atoms with Crippen molar-refractivity contribution in [1.82, 2.24) is 9.80 Å². The van der Waals surface area contributed by atoms with Gasteiger partial charge in [0.05, 0.1) is 23.8 Å². The van der Waals surface area contributed by atoms with Crippen LogP contribution in [0.25, 0.3) is 0 Å². The van der Waals surface area contributed by atoms with Crippen molar-refractivity contribution in [2.75, 3.05) is 32.0 Å². The van der Waals surface area contributed by atoms with E-state index in [-0.39, 0.29) is 24.9 Å². The minimum atomic E-state index is -0.164. The van der Waals surface area contributed by atoms with E-state index in [0.29, 0.717) is 22.7 Å². The number of para-hydroxylation sites is 1. The Morgan fingerprint density at radius 3 is 2.69 bits per heavy atom. The fraction of sp³-hybridized carbons (Fsp3) is 0.600. The maximum atomic E-state index is 12.8. The van der Waals surface area contributed by atoms with Crippen molar-refractivity contribution < 1.29 is 9.59 Å². The van der Waals surface area contributed by atoms with Gasteiger partial charge in [-0.3, -0.25) is 14.5 Å². The van der Waals surface area contributed by atoms with Crippen LogP contribution in [0.1, 0.15) is 38.5 Å². The van der Waals surface area contributed by atoms with E-state index in [1.54, 1.807) is 17.0 Å². The molecule has 1 aromatic rings. The Hall–Kier alpha value is -1.59. The van der Waals surface area contributed by atoms with Gasteiger partial charge >= 0.3 is 0 Å². The van der Waals surface area contributed by atoms with E-state index in [9.17, 15) is 9.59 Å². The number of carbonyl (C=O) groups excluding carboxylic acids is 2. The molecule has 1 saturated heterocycles. The predicted molar refractivity (Wildman–Crippen MR) is 104 cm³/mol. The van der Waals surface area contributed by atoms with Crippen LogP contribution in [0.3, 0.4) is 0 Å². The largest absolute Gasteiger partial charge is 0.338 e. The Bertz CT molecular complexity index is 650. The lowest BCUT2D eigenvalue weighted by atomic mass is 9.78. The quantitative estimate of drug-likeness (QED) is 0.855. The molecule has 1 heterocycles. The molecule has 0 radical (unpaired) electrons. The van der Waals surface area contributed by atoms with E-state index in [2.05, 4.69) is 10.2 Å². The van der Waals surface area contributed by atoms with Gasteiger partial charge < -0.3 is 10.2 Å². The minimum absolute atomic E-state index is 0.148. The van der Waals surface area contributed by atoms with E-state index in [1.165, 1.54) is 25.7 Å². The number of anilines is 1. The summed E-state index contributed by atoms with van der Waals surface area (Å²) in [4.78, 5) is 28.9. The zero-order valence-electron chi connectivity index (χ0n) is 15.4. The first-order chi connectivity index (χ1) is 12.5. The maximum Gasteiger partial charge on any atom is 0.238 e. The molecule has 1 N–H and O–H groups in total. The lowest BCUT2D eigenvalue weighted by Crippen LogP contribution is -2.52. The summed E-state index contributed by atoms with van der Waals surface area (Å²) in [6.45, 7) is 1.30. The van der Waals surface area contributed by atoms with E-state index >= 15 is 0 Å². The van der Waals surface area contributed by atoms with E-state index < -0.39 is 0 Å². The summed E-state index contributed by atoms with van der Waals surface area (Å²) in [6, 6.07) is 7.56. The molecule has 2 fully saturated rings. The van der Waals surface area contributed by atoms with Gasteiger partial charge in [-0.15, -0.1) is 0 Å². The number of likely N-dealkylation sites (tertiary alicyclic amines) is 1. The van der Waals surface area contributed by atoms with Crippen LogP contribution in [-0.4, -0.2) is 54.3 Å². The van der Waals surface area contributed by atoms with Gasteiger partial charge in [-0.2, -0.15) is 0 Å². The molecule has 6 heteroatoms. The van der Waals surface area contributed by atoms with Crippen LogP contribution in [0.5, 0.6) is 0 Å². The summed E-state index contributed by atoms with van der Waals surface area (Å²) in [5, 5.41) is 3.31. The number of piperidine rings is 1. The van der Waals surface area contributed by atoms with Gasteiger partial charge in [0.15, 0.2) is 0 Å². The van der Waals surface area contributed by atoms with Gasteiger partial charge in [0, 0.05) is 12.6 Å². The van der Waals surface area contributed by atoms with Crippen LogP contribution >= 0.6 is 11.6 Å². The summed E-state index contributed by atoms with van der Waals surface area (Å²) < 4.78 is 0. The number of carbonyl (C=O) groups is 2. The number of nitrogens with zero attached hydrogens (tertiary/aromatic N) is 2. The van der Waals surface area contributed by atoms with E-state index in [0.717, 1.165) is 19.4 Å². The number of halogens is 1. The summed E-state index contributed by atoms with van der Waals surface area (Å²) in [6.07, 6.45) is 7.26. The molecule has 142 valence electrons. The highest BCUT2D eigenvalue weighted by molar-refractivity contribution is 6.33. The van der Waals surface area contributed by atoms with Crippen molar-refractivity contribution in [3.05, 3.63) is 29.3 Å². The molecule has 0 unspecified atom stereocenters. The van der Waals surface area contributed by atoms with Gasteiger partial charge in [0.1, 0.15) is 0 Å². The number of likely N-dealkylation sites (N-methyl/N-ethyl adjacent to an activating group) is 1. The van der Waals surface area contributed by atoms with E-state index in [4.69, 9.17) is 11.6 Å². The molecule has 1 aromatic carbocycles. The van der Waals surface area contributed by atoms with Gasteiger partial charge in [-0.05, 0) is 50.8 Å². The SMILES string of the molecule is CN(CC(=O)Nc1ccccc1Cl)CC(=O)N1CCC[C@@H]2CCCC[C@@H]21. The summed E-state index contributed by atoms with van der Waals surface area (Å²) >= 11 is 6.07. The predicted octanol–water partition coefficient (Wildman–Crippen LogP) is 3.39. The maximum absolute atomic E-state index is 12.8. The molecule has 0 spiro atoms. The molecule has 0 bridgehead atoms. The Morgan fingerprint density at radius 1 is 1.15 bits per heavy atom. The average molecular weight is 378 g/mol. The molecule has 1 aliphatic heterocycles. The Labute approximate surface area is 160 Å². The topological polar surface area (TPSA) is 52.7 Å². The van der Waals surface area contributed by atoms with Gasteiger partial charge in [0.25, 0.3) is 0 Å². The molecule has 26 heavy (non-hydrogen) atoms. The third-order valence-corrected chi connectivity index (χ3v) is 5.86. The summed E-state index contributed by atoms with van der Waals surface area (Å²) in [5.74, 6) is 0.660. The first kappa shape index (κ1) is 19.2. The van der Waals surface area contributed by atoms with Crippen LogP contribution in [0, 0.1) is 5.92 Å². The highest BCUT2D eigenvalue weighted by atomic mass is 35.5. The highest BCUT2D eigenvalue weighted by Gasteiger charge is 2.35. The summed E-state index contributed by atoms with van der Waals surface area (Å²) in [7, 11) is 1.81. The van der Waals surface area contributed by atoms with Crippen LogP contribution in [-0.2, 0) is 9.59 Å². The monoisotopic (exact) mass is 377 g/mol. The highest BCUT2D eigenvalue weighted by Crippen LogP contribution is 2.35. The van der Waals surface area contributed by atoms with Crippen molar-refractivity contribution in [3.63, 3.8) is 0 Å². The number of hydrogen-bond donors (Lipinski definition) is 1. The van der Waals surface area contributed by atoms with Crippen LogP contribution in [0.4, 0.5) is 5.69 Å². The fourth-order valence-electron chi connectivity index (χ4n) is 4.31. The Kier molecular flexibility index (Phi) is 6.54. The number of nitrogens with one attached hydrogen (secondary N) is 1. The lowest BCUT2D eigenvalue weighted by molar-refractivity contribution is -0.138. The molecule has 0 aromatic heterocycles.